The largest absolute Gasteiger partial charge is 0.477 e. The fourth-order valence-electron chi connectivity index (χ4n) is 2.86. The quantitative estimate of drug-likeness (QED) is 0.341. The Morgan fingerprint density at radius 3 is 2.29 bits per heavy atom. The van der Waals surface area contributed by atoms with Crippen LogP contribution in [0.3, 0.4) is 0 Å². The van der Waals surface area contributed by atoms with E-state index in [4.69, 9.17) is 5.11 Å². The van der Waals surface area contributed by atoms with Crippen molar-refractivity contribution >= 4 is 22.8 Å². The molecule has 1 radical (unpaired) electrons. The van der Waals surface area contributed by atoms with Gasteiger partial charge >= 0.3 is 5.97 Å². The second kappa shape index (κ2) is 8.61. The van der Waals surface area contributed by atoms with E-state index >= 15 is 0 Å². The molecule has 7 heteroatoms. The van der Waals surface area contributed by atoms with E-state index in [9.17, 15) is 4.79 Å². The SMILES string of the molecule is O=C(O)c1ccccn1.[Ir].[c-]1ccccc1-n1c2ccccc2n2ccnc12. The monoisotopic (exact) mass is 548 g/mol. The number of aromatic nitrogens is 4. The number of fused-ring (bicyclic) bond motifs is 3. The van der Waals surface area contributed by atoms with Crippen molar-refractivity contribution in [2.24, 2.45) is 0 Å². The number of hydrogen-bond acceptors (Lipinski definition) is 3. The van der Waals surface area contributed by atoms with Crippen molar-refractivity contribution in [1.82, 2.24) is 18.9 Å². The van der Waals surface area contributed by atoms with Crippen LogP contribution in [0.2, 0.25) is 0 Å². The number of para-hydroxylation sites is 3. The molecule has 0 aliphatic heterocycles. The second-order valence-electron chi connectivity index (χ2n) is 5.69. The Morgan fingerprint density at radius 1 is 0.893 bits per heavy atom. The third-order valence-electron chi connectivity index (χ3n) is 4.02. The summed E-state index contributed by atoms with van der Waals surface area (Å²) in [4.78, 5) is 18.2. The first-order valence-electron chi connectivity index (χ1n) is 8.29. The van der Waals surface area contributed by atoms with E-state index in [0.29, 0.717) is 0 Å². The molecule has 0 aliphatic carbocycles. The molecule has 28 heavy (non-hydrogen) atoms. The van der Waals surface area contributed by atoms with Crippen molar-refractivity contribution < 1.29 is 30.0 Å². The average molecular weight is 548 g/mol. The van der Waals surface area contributed by atoms with E-state index in [1.807, 2.05) is 48.8 Å². The van der Waals surface area contributed by atoms with Crippen LogP contribution in [-0.4, -0.2) is 30.0 Å². The molecule has 0 aliphatic rings. The number of aromatic carboxylic acids is 1. The summed E-state index contributed by atoms with van der Waals surface area (Å²) in [5.41, 5.74) is 3.39. The number of hydrogen-bond donors (Lipinski definition) is 1. The fraction of sp³-hybridized carbons (Fsp3) is 0. The third kappa shape index (κ3) is 3.71. The predicted molar refractivity (Wildman–Crippen MR) is 102 cm³/mol. The van der Waals surface area contributed by atoms with Gasteiger partial charge in [0, 0.05) is 38.7 Å². The molecule has 2 aromatic carbocycles. The van der Waals surface area contributed by atoms with Gasteiger partial charge in [-0.3, -0.25) is 4.40 Å². The molecule has 141 valence electrons. The van der Waals surface area contributed by atoms with Crippen LogP contribution in [0.25, 0.3) is 22.5 Å². The Hall–Kier alpha value is -3.28. The molecular formula is C21H15IrN4O2-. The smallest absolute Gasteiger partial charge is 0.354 e. The van der Waals surface area contributed by atoms with Gasteiger partial charge < -0.3 is 9.67 Å². The number of rotatable bonds is 2. The molecule has 3 heterocycles. The number of carboxylic acids is 1. The molecule has 1 N–H and O–H groups in total. The minimum absolute atomic E-state index is 0. The van der Waals surface area contributed by atoms with Crippen LogP contribution in [-0.2, 0) is 20.1 Å². The van der Waals surface area contributed by atoms with Gasteiger partial charge in [0.1, 0.15) is 5.69 Å². The van der Waals surface area contributed by atoms with E-state index in [0.717, 1.165) is 22.5 Å². The Labute approximate surface area is 174 Å². The first kappa shape index (κ1) is 19.5. The topological polar surface area (TPSA) is 72.4 Å². The molecular weight excluding hydrogens is 532 g/mol. The molecule has 0 amide bonds. The Morgan fingerprint density at radius 2 is 1.64 bits per heavy atom. The summed E-state index contributed by atoms with van der Waals surface area (Å²) in [7, 11) is 0. The zero-order valence-electron chi connectivity index (χ0n) is 14.6. The van der Waals surface area contributed by atoms with Crippen LogP contribution in [0.1, 0.15) is 10.5 Å². The maximum absolute atomic E-state index is 10.1. The summed E-state index contributed by atoms with van der Waals surface area (Å²) in [6, 6.07) is 24.2. The Bertz CT molecular complexity index is 1200. The van der Waals surface area contributed by atoms with Crippen molar-refractivity contribution in [3.05, 3.63) is 97.1 Å². The average Bonchev–Trinajstić information content (AvgIpc) is 3.30. The van der Waals surface area contributed by atoms with Crippen molar-refractivity contribution in [3.8, 4) is 5.69 Å². The molecule has 0 atom stereocenters. The molecule has 0 bridgehead atoms. The summed E-state index contributed by atoms with van der Waals surface area (Å²) in [6.07, 6.45) is 5.25. The van der Waals surface area contributed by atoms with E-state index < -0.39 is 5.97 Å². The van der Waals surface area contributed by atoms with Gasteiger partial charge in [-0.25, -0.2) is 14.8 Å². The van der Waals surface area contributed by atoms with Crippen LogP contribution in [0.15, 0.2) is 85.3 Å². The number of nitrogens with zero attached hydrogens (tertiary/aromatic N) is 4. The number of imidazole rings is 2. The van der Waals surface area contributed by atoms with Gasteiger partial charge in [0.15, 0.2) is 0 Å². The van der Waals surface area contributed by atoms with Gasteiger partial charge in [-0.1, -0.05) is 23.9 Å². The van der Waals surface area contributed by atoms with Gasteiger partial charge in [-0.05, 0) is 24.3 Å². The van der Waals surface area contributed by atoms with Gasteiger partial charge in [0.25, 0.3) is 0 Å². The van der Waals surface area contributed by atoms with E-state index in [1.165, 1.54) is 12.3 Å². The zero-order valence-corrected chi connectivity index (χ0v) is 17.0. The normalized spacial score (nSPS) is 10.1. The number of carboxylic acid groups (broad SMARTS) is 1. The number of benzene rings is 2. The molecule has 0 fully saturated rings. The first-order valence-corrected chi connectivity index (χ1v) is 8.29. The van der Waals surface area contributed by atoms with Crippen molar-refractivity contribution in [2.75, 3.05) is 0 Å². The number of carbonyl (C=O) groups is 1. The van der Waals surface area contributed by atoms with Gasteiger partial charge in [-0.15, -0.1) is 6.07 Å². The zero-order chi connectivity index (χ0) is 18.6. The standard InChI is InChI=1S/C15H10N3.C6H5NO2.Ir/c1-2-6-12(7-3-1)18-14-9-5-4-8-13(14)17-11-10-16-15(17)18;8-6(9)5-3-1-2-4-7-5;/h1-6,8-11H;1-4H,(H,8,9);/q-1;;. The summed E-state index contributed by atoms with van der Waals surface area (Å²) < 4.78 is 4.21. The summed E-state index contributed by atoms with van der Waals surface area (Å²) in [5, 5.41) is 8.32. The van der Waals surface area contributed by atoms with Crippen molar-refractivity contribution in [3.63, 3.8) is 0 Å². The molecule has 0 spiro atoms. The first-order chi connectivity index (χ1) is 13.3. The van der Waals surface area contributed by atoms with Gasteiger partial charge in [0.05, 0.1) is 11.0 Å². The van der Waals surface area contributed by atoms with Crippen LogP contribution < -0.4 is 0 Å². The number of pyridine rings is 1. The van der Waals surface area contributed by atoms with Gasteiger partial charge in [-0.2, -0.15) is 24.3 Å². The summed E-state index contributed by atoms with van der Waals surface area (Å²) >= 11 is 0. The predicted octanol–water partition coefficient (Wildman–Crippen LogP) is 3.86. The van der Waals surface area contributed by atoms with Crippen molar-refractivity contribution in [2.45, 2.75) is 0 Å². The molecule has 3 aromatic heterocycles. The Kier molecular flexibility index (Phi) is 5.99. The maximum Gasteiger partial charge on any atom is 0.354 e. The minimum atomic E-state index is -0.990. The van der Waals surface area contributed by atoms with Crippen LogP contribution in [0.5, 0.6) is 0 Å². The Balaban J connectivity index is 0.000000193. The van der Waals surface area contributed by atoms with E-state index in [-0.39, 0.29) is 25.8 Å². The summed E-state index contributed by atoms with van der Waals surface area (Å²) in [6.45, 7) is 0. The minimum Gasteiger partial charge on any atom is -0.477 e. The molecule has 0 unspecified atom stereocenters. The molecule has 5 aromatic rings. The van der Waals surface area contributed by atoms with Crippen LogP contribution in [0.4, 0.5) is 0 Å². The second-order valence-corrected chi connectivity index (χ2v) is 5.69. The third-order valence-corrected chi connectivity index (χ3v) is 4.02. The molecule has 0 saturated carbocycles. The maximum atomic E-state index is 10.1. The summed E-state index contributed by atoms with van der Waals surface area (Å²) in [5.74, 6) is -0.0748. The fourth-order valence-corrected chi connectivity index (χ4v) is 2.86. The molecule has 6 nitrogen and oxygen atoms in total. The van der Waals surface area contributed by atoms with Crippen LogP contribution >= 0.6 is 0 Å². The van der Waals surface area contributed by atoms with E-state index in [1.54, 1.807) is 12.1 Å². The van der Waals surface area contributed by atoms with Gasteiger partial charge in [0.2, 0.25) is 5.78 Å². The van der Waals surface area contributed by atoms with Crippen molar-refractivity contribution in [1.29, 1.82) is 0 Å². The van der Waals surface area contributed by atoms with Crippen LogP contribution in [0, 0.1) is 6.07 Å². The van der Waals surface area contributed by atoms with E-state index in [2.05, 4.69) is 37.1 Å². The molecule has 5 rings (SSSR count). The molecule has 0 saturated heterocycles.